The minimum atomic E-state index is -0.418. The summed E-state index contributed by atoms with van der Waals surface area (Å²) in [5, 5.41) is 3.10. The maximum atomic E-state index is 12.3. The molecule has 2 amide bonds. The molecule has 3 N–H and O–H groups in total. The third-order valence-corrected chi connectivity index (χ3v) is 3.32. The highest BCUT2D eigenvalue weighted by Crippen LogP contribution is 2.29. The summed E-state index contributed by atoms with van der Waals surface area (Å²) in [7, 11) is 1.51. The van der Waals surface area contributed by atoms with Crippen molar-refractivity contribution in [2.75, 3.05) is 19.3 Å². The number of hydrogen-bond donors (Lipinski definition) is 2. The van der Waals surface area contributed by atoms with Gasteiger partial charge in [-0.25, -0.2) is 0 Å². The van der Waals surface area contributed by atoms with Gasteiger partial charge in [-0.3, -0.25) is 9.59 Å². The van der Waals surface area contributed by atoms with Crippen LogP contribution in [0.5, 0.6) is 0 Å². The molecule has 0 radical (unpaired) electrons. The Labute approximate surface area is 134 Å². The molecule has 0 saturated heterocycles. The number of hydrogen-bond acceptors (Lipinski definition) is 3. The molecule has 7 heteroatoms. The average molecular weight is 332 g/mol. The van der Waals surface area contributed by atoms with Crippen molar-refractivity contribution >= 4 is 40.7 Å². The van der Waals surface area contributed by atoms with E-state index < -0.39 is 5.91 Å². The fourth-order valence-corrected chi connectivity index (χ4v) is 2.13. The second kappa shape index (κ2) is 6.54. The lowest BCUT2D eigenvalue weighted by Crippen LogP contribution is -2.46. The van der Waals surface area contributed by atoms with Crippen molar-refractivity contribution in [2.45, 2.75) is 26.3 Å². The van der Waals surface area contributed by atoms with E-state index in [-0.39, 0.29) is 33.6 Å². The lowest BCUT2D eigenvalue weighted by atomic mass is 10.1. The summed E-state index contributed by atoms with van der Waals surface area (Å²) in [5.41, 5.74) is 5.80. The molecule has 1 rings (SSSR count). The van der Waals surface area contributed by atoms with Crippen LogP contribution in [0.25, 0.3) is 0 Å². The van der Waals surface area contributed by atoms with E-state index in [9.17, 15) is 9.59 Å². The van der Waals surface area contributed by atoms with Crippen molar-refractivity contribution in [3.05, 3.63) is 27.7 Å². The van der Waals surface area contributed by atoms with E-state index in [1.54, 1.807) is 0 Å². The third-order valence-electron chi connectivity index (χ3n) is 2.52. The van der Waals surface area contributed by atoms with Gasteiger partial charge in [-0.2, -0.15) is 0 Å². The number of nitrogen functional groups attached to an aromatic ring is 1. The monoisotopic (exact) mass is 331 g/mol. The van der Waals surface area contributed by atoms with Crippen molar-refractivity contribution in [1.82, 2.24) is 10.2 Å². The Morgan fingerprint density at radius 1 is 1.29 bits per heavy atom. The number of carbonyl (C=O) groups excluding carboxylic acids is 2. The van der Waals surface area contributed by atoms with Crippen LogP contribution in [0, 0.1) is 0 Å². The van der Waals surface area contributed by atoms with Gasteiger partial charge in [0.05, 0.1) is 22.2 Å². The molecule has 1 aromatic carbocycles. The minimum absolute atomic E-state index is 0.0845. The molecule has 0 aliphatic carbocycles. The number of carbonyl (C=O) groups is 2. The highest BCUT2D eigenvalue weighted by atomic mass is 35.5. The first-order valence-corrected chi connectivity index (χ1v) is 7.08. The maximum absolute atomic E-state index is 12.3. The van der Waals surface area contributed by atoms with Gasteiger partial charge >= 0.3 is 0 Å². The van der Waals surface area contributed by atoms with E-state index in [1.165, 1.54) is 24.1 Å². The first kappa shape index (κ1) is 17.6. The first-order chi connectivity index (χ1) is 9.51. The zero-order valence-corrected chi connectivity index (χ0v) is 14.0. The number of benzene rings is 1. The normalized spacial score (nSPS) is 11.1. The zero-order valence-electron chi connectivity index (χ0n) is 12.5. The van der Waals surface area contributed by atoms with Crippen LogP contribution in [0.15, 0.2) is 12.1 Å². The van der Waals surface area contributed by atoms with Gasteiger partial charge in [-0.1, -0.05) is 23.2 Å². The molecule has 116 valence electrons. The van der Waals surface area contributed by atoms with Crippen LogP contribution in [-0.4, -0.2) is 35.8 Å². The van der Waals surface area contributed by atoms with Crippen LogP contribution in [0.4, 0.5) is 5.69 Å². The molecule has 0 heterocycles. The SMILES string of the molecule is CN(CC(=O)NC(C)(C)C)C(=O)c1cc(N)cc(Cl)c1Cl. The third kappa shape index (κ3) is 5.10. The van der Waals surface area contributed by atoms with E-state index in [0.717, 1.165) is 0 Å². The van der Waals surface area contributed by atoms with Crippen molar-refractivity contribution in [2.24, 2.45) is 0 Å². The van der Waals surface area contributed by atoms with Crippen LogP contribution < -0.4 is 11.1 Å². The predicted octanol–water partition coefficient (Wildman–Crippen LogP) is 2.56. The summed E-state index contributed by atoms with van der Waals surface area (Å²) in [6.45, 7) is 5.50. The van der Waals surface area contributed by atoms with Crippen LogP contribution in [0.3, 0.4) is 0 Å². The fourth-order valence-electron chi connectivity index (χ4n) is 1.72. The second-order valence-electron chi connectivity index (χ2n) is 5.82. The topological polar surface area (TPSA) is 75.4 Å². The molecule has 0 aliphatic rings. The second-order valence-corrected chi connectivity index (χ2v) is 6.61. The molecule has 5 nitrogen and oxygen atoms in total. The van der Waals surface area contributed by atoms with Crippen molar-refractivity contribution in [3.8, 4) is 0 Å². The Bertz CT molecular complexity index is 568. The van der Waals surface area contributed by atoms with E-state index in [1.807, 2.05) is 20.8 Å². The van der Waals surface area contributed by atoms with E-state index in [0.29, 0.717) is 5.69 Å². The molecule has 21 heavy (non-hydrogen) atoms. The molecule has 0 atom stereocenters. The van der Waals surface area contributed by atoms with Crippen LogP contribution in [-0.2, 0) is 4.79 Å². The highest BCUT2D eigenvalue weighted by Gasteiger charge is 2.21. The van der Waals surface area contributed by atoms with Gasteiger partial charge in [0.1, 0.15) is 0 Å². The van der Waals surface area contributed by atoms with Gasteiger partial charge in [-0.15, -0.1) is 0 Å². The fraction of sp³-hybridized carbons (Fsp3) is 0.429. The Kier molecular flexibility index (Phi) is 5.48. The molecule has 0 aromatic heterocycles. The number of halogens is 2. The number of amides is 2. The van der Waals surface area contributed by atoms with E-state index in [2.05, 4.69) is 5.32 Å². The Balaban J connectivity index is 2.87. The quantitative estimate of drug-likeness (QED) is 0.836. The van der Waals surface area contributed by atoms with Crippen molar-refractivity contribution in [3.63, 3.8) is 0 Å². The van der Waals surface area contributed by atoms with Gasteiger partial charge in [0, 0.05) is 18.3 Å². The summed E-state index contributed by atoms with van der Waals surface area (Å²) < 4.78 is 0. The smallest absolute Gasteiger partial charge is 0.255 e. The van der Waals surface area contributed by atoms with Crippen LogP contribution in [0.2, 0.25) is 10.0 Å². The molecule has 0 unspecified atom stereocenters. The molecule has 0 spiro atoms. The molecule has 0 aliphatic heterocycles. The van der Waals surface area contributed by atoms with Gasteiger partial charge < -0.3 is 16.0 Å². The number of nitrogens with zero attached hydrogens (tertiary/aromatic N) is 1. The summed E-state index contributed by atoms with van der Waals surface area (Å²) >= 11 is 11.9. The molecular weight excluding hydrogens is 313 g/mol. The summed E-state index contributed by atoms with van der Waals surface area (Å²) in [5.74, 6) is -0.678. The lowest BCUT2D eigenvalue weighted by Gasteiger charge is -2.23. The van der Waals surface area contributed by atoms with Crippen molar-refractivity contribution < 1.29 is 9.59 Å². The molecule has 1 aromatic rings. The van der Waals surface area contributed by atoms with Crippen LogP contribution in [0.1, 0.15) is 31.1 Å². The molecular formula is C14H19Cl2N3O2. The Hall–Kier alpha value is -1.46. The van der Waals surface area contributed by atoms with E-state index in [4.69, 9.17) is 28.9 Å². The Morgan fingerprint density at radius 3 is 2.38 bits per heavy atom. The largest absolute Gasteiger partial charge is 0.399 e. The minimum Gasteiger partial charge on any atom is -0.399 e. The first-order valence-electron chi connectivity index (χ1n) is 6.32. The van der Waals surface area contributed by atoms with Gasteiger partial charge in [0.15, 0.2) is 0 Å². The van der Waals surface area contributed by atoms with Crippen LogP contribution >= 0.6 is 23.2 Å². The predicted molar refractivity (Wildman–Crippen MR) is 85.7 cm³/mol. The molecule has 0 bridgehead atoms. The van der Waals surface area contributed by atoms with Crippen molar-refractivity contribution in [1.29, 1.82) is 0 Å². The number of nitrogens with two attached hydrogens (primary N) is 1. The number of likely N-dealkylation sites (N-methyl/N-ethyl adjacent to an activating group) is 1. The number of rotatable bonds is 3. The summed E-state index contributed by atoms with van der Waals surface area (Å²) in [6.07, 6.45) is 0. The number of nitrogens with one attached hydrogen (secondary N) is 1. The zero-order chi connectivity index (χ0) is 16.4. The average Bonchev–Trinajstić information content (AvgIpc) is 2.30. The van der Waals surface area contributed by atoms with Gasteiger partial charge in [-0.05, 0) is 32.9 Å². The summed E-state index contributed by atoms with van der Waals surface area (Å²) in [4.78, 5) is 25.4. The molecule has 0 saturated carbocycles. The lowest BCUT2D eigenvalue weighted by molar-refractivity contribution is -0.122. The highest BCUT2D eigenvalue weighted by molar-refractivity contribution is 6.44. The van der Waals surface area contributed by atoms with E-state index >= 15 is 0 Å². The maximum Gasteiger partial charge on any atom is 0.255 e. The number of anilines is 1. The van der Waals surface area contributed by atoms with Gasteiger partial charge in [0.2, 0.25) is 5.91 Å². The van der Waals surface area contributed by atoms with Gasteiger partial charge in [0.25, 0.3) is 5.91 Å². The summed E-state index contributed by atoms with van der Waals surface area (Å²) in [6, 6.07) is 2.90. The molecule has 0 fully saturated rings. The Morgan fingerprint density at radius 2 is 1.86 bits per heavy atom. The standard InChI is InChI=1S/C14H19Cl2N3O2/c1-14(2,3)18-11(20)7-19(4)13(21)9-5-8(17)6-10(15)12(9)16/h5-6H,7,17H2,1-4H3,(H,18,20).